The first kappa shape index (κ1) is 21.7. The molecule has 1 heterocycles. The maximum atomic E-state index is 12.8. The van der Waals surface area contributed by atoms with Gasteiger partial charge in [0.15, 0.2) is 5.78 Å². The zero-order chi connectivity index (χ0) is 20.3. The molecule has 1 fully saturated rings. The molecule has 9 heteroatoms. The van der Waals surface area contributed by atoms with E-state index in [2.05, 4.69) is 0 Å². The van der Waals surface area contributed by atoms with Crippen LogP contribution < -0.4 is 0 Å². The van der Waals surface area contributed by atoms with Gasteiger partial charge in [0.1, 0.15) is 11.7 Å². The minimum Gasteiger partial charge on any atom is -0.467 e. The van der Waals surface area contributed by atoms with Crippen molar-refractivity contribution in [1.82, 2.24) is 4.90 Å². The molecule has 0 radical (unpaired) electrons. The summed E-state index contributed by atoms with van der Waals surface area (Å²) in [6.45, 7) is 8.02. The predicted octanol–water partition coefficient (Wildman–Crippen LogP) is 1.92. The summed E-state index contributed by atoms with van der Waals surface area (Å²) < 4.78 is 19.8. The first-order valence-electron chi connectivity index (χ1n) is 8.27. The van der Waals surface area contributed by atoms with Gasteiger partial charge in [0, 0.05) is 12.3 Å². The highest BCUT2D eigenvalue weighted by molar-refractivity contribution is 6.11. The number of nitrogens with zero attached hydrogens (tertiary/aromatic N) is 1. The highest BCUT2D eigenvalue weighted by Gasteiger charge is 2.61. The Morgan fingerprint density at radius 3 is 2.08 bits per heavy atom. The highest BCUT2D eigenvalue weighted by Crippen LogP contribution is 2.36. The van der Waals surface area contributed by atoms with E-state index in [4.69, 9.17) is 18.9 Å². The van der Waals surface area contributed by atoms with E-state index < -0.39 is 47.2 Å². The molecule has 0 saturated carbocycles. The van der Waals surface area contributed by atoms with E-state index in [9.17, 15) is 19.2 Å². The van der Waals surface area contributed by atoms with Crippen LogP contribution >= 0.6 is 0 Å². The van der Waals surface area contributed by atoms with Crippen molar-refractivity contribution in [3.05, 3.63) is 0 Å². The molecule has 0 unspecified atom stereocenters. The number of ether oxygens (including phenoxy) is 4. The molecule has 0 aromatic carbocycles. The van der Waals surface area contributed by atoms with Crippen LogP contribution in [0.25, 0.3) is 0 Å². The molecule has 0 aromatic heterocycles. The molecule has 0 aliphatic carbocycles. The van der Waals surface area contributed by atoms with Crippen molar-refractivity contribution in [3.63, 3.8) is 0 Å². The molecule has 1 aliphatic rings. The normalized spacial score (nSPS) is 22.8. The lowest BCUT2D eigenvalue weighted by Crippen LogP contribution is -2.60. The molecular weight excluding hydrogens is 346 g/mol. The first-order valence-corrected chi connectivity index (χ1v) is 8.27. The number of carbonyl (C=O) groups excluding carboxylic acids is 4. The summed E-state index contributed by atoms with van der Waals surface area (Å²) in [5.41, 5.74) is -2.69. The highest BCUT2D eigenvalue weighted by atomic mass is 16.7. The minimum atomic E-state index is -1.91. The van der Waals surface area contributed by atoms with Gasteiger partial charge in [-0.15, -0.1) is 0 Å². The number of likely N-dealkylation sites (tertiary alicyclic amines) is 1. The number of carbonyl (C=O) groups is 4. The summed E-state index contributed by atoms with van der Waals surface area (Å²) in [4.78, 5) is 50.4. The Bertz CT molecular complexity index is 580. The maximum absolute atomic E-state index is 12.8. The van der Waals surface area contributed by atoms with E-state index in [1.807, 2.05) is 0 Å². The standard InChI is InChI=1S/C17H27NO8/c1-10(2)12(19)17(13(20)23-6)8-11(9-18(17)14(21)24-7)25-15(22)26-16(3,4)5/h10-11H,8-9H2,1-7H3/t11-,17+/m1/s1. The number of hydrogen-bond donors (Lipinski definition) is 0. The largest absolute Gasteiger partial charge is 0.509 e. The van der Waals surface area contributed by atoms with Crippen molar-refractivity contribution in [3.8, 4) is 0 Å². The Labute approximate surface area is 152 Å². The number of hydrogen-bond acceptors (Lipinski definition) is 8. The molecule has 148 valence electrons. The summed E-state index contributed by atoms with van der Waals surface area (Å²) >= 11 is 0. The van der Waals surface area contributed by atoms with Crippen molar-refractivity contribution in [1.29, 1.82) is 0 Å². The molecule has 2 atom stereocenters. The lowest BCUT2D eigenvalue weighted by atomic mass is 9.84. The molecule has 26 heavy (non-hydrogen) atoms. The fraction of sp³-hybridized carbons (Fsp3) is 0.765. The number of Topliss-reactive ketones (excluding diaryl/α,β-unsaturated/α-hetero) is 1. The third-order valence-electron chi connectivity index (χ3n) is 3.87. The van der Waals surface area contributed by atoms with Crippen molar-refractivity contribution in [2.24, 2.45) is 5.92 Å². The SMILES string of the molecule is COC(=O)N1C[C@H](OC(=O)OC(C)(C)C)C[C@@]1(C(=O)OC)C(=O)C(C)C. The summed E-state index contributed by atoms with van der Waals surface area (Å²) in [5.74, 6) is -2.00. The Morgan fingerprint density at radius 2 is 1.65 bits per heavy atom. The van der Waals surface area contributed by atoms with Crippen LogP contribution in [0.4, 0.5) is 9.59 Å². The van der Waals surface area contributed by atoms with E-state index in [1.54, 1.807) is 34.6 Å². The molecule has 1 aliphatic heterocycles. The molecular formula is C17H27NO8. The molecule has 0 spiro atoms. The summed E-state index contributed by atoms with van der Waals surface area (Å²) in [7, 11) is 2.25. The van der Waals surface area contributed by atoms with Crippen molar-refractivity contribution >= 4 is 24.0 Å². The third kappa shape index (κ3) is 4.44. The van der Waals surface area contributed by atoms with E-state index in [1.165, 1.54) is 0 Å². The molecule has 0 aromatic rings. The number of esters is 1. The van der Waals surface area contributed by atoms with Crippen LogP contribution in [0.2, 0.25) is 0 Å². The zero-order valence-electron chi connectivity index (χ0n) is 16.3. The Hall–Kier alpha value is -2.32. The quantitative estimate of drug-likeness (QED) is 0.418. The second kappa shape index (κ2) is 7.92. The van der Waals surface area contributed by atoms with Crippen LogP contribution in [0.15, 0.2) is 0 Å². The number of ketones is 1. The molecule has 1 rings (SSSR count). The average molecular weight is 373 g/mol. The van der Waals surface area contributed by atoms with Crippen LogP contribution in [0, 0.1) is 5.92 Å². The fourth-order valence-corrected chi connectivity index (χ4v) is 2.87. The summed E-state index contributed by atoms with van der Waals surface area (Å²) in [6, 6.07) is 0. The van der Waals surface area contributed by atoms with E-state index in [0.717, 1.165) is 19.1 Å². The van der Waals surface area contributed by atoms with Crippen molar-refractivity contribution < 1.29 is 38.1 Å². The fourth-order valence-electron chi connectivity index (χ4n) is 2.87. The van der Waals surface area contributed by atoms with Gasteiger partial charge < -0.3 is 18.9 Å². The number of rotatable bonds is 4. The Morgan fingerprint density at radius 1 is 1.08 bits per heavy atom. The summed E-state index contributed by atoms with van der Waals surface area (Å²) in [6.07, 6.45) is -3.00. The van der Waals surface area contributed by atoms with Gasteiger partial charge in [-0.3, -0.25) is 9.69 Å². The lowest BCUT2D eigenvalue weighted by Gasteiger charge is -2.34. The predicted molar refractivity (Wildman–Crippen MR) is 89.4 cm³/mol. The Kier molecular flexibility index (Phi) is 6.62. The molecule has 0 bridgehead atoms. The number of methoxy groups -OCH3 is 2. The van der Waals surface area contributed by atoms with Crippen molar-refractivity contribution in [2.75, 3.05) is 20.8 Å². The molecule has 1 amide bonds. The monoisotopic (exact) mass is 373 g/mol. The molecule has 1 saturated heterocycles. The van der Waals surface area contributed by atoms with Gasteiger partial charge in [0.05, 0.1) is 20.8 Å². The van der Waals surface area contributed by atoms with Crippen LogP contribution in [0.5, 0.6) is 0 Å². The van der Waals surface area contributed by atoms with E-state index in [-0.39, 0.29) is 13.0 Å². The average Bonchev–Trinajstić information content (AvgIpc) is 2.90. The number of amides is 1. The van der Waals surface area contributed by atoms with E-state index in [0.29, 0.717) is 0 Å². The van der Waals surface area contributed by atoms with Crippen LogP contribution in [-0.2, 0) is 28.5 Å². The van der Waals surface area contributed by atoms with Gasteiger partial charge in [-0.1, -0.05) is 13.8 Å². The van der Waals surface area contributed by atoms with Crippen LogP contribution in [0.3, 0.4) is 0 Å². The van der Waals surface area contributed by atoms with Gasteiger partial charge >= 0.3 is 18.2 Å². The third-order valence-corrected chi connectivity index (χ3v) is 3.87. The van der Waals surface area contributed by atoms with E-state index >= 15 is 0 Å². The van der Waals surface area contributed by atoms with Gasteiger partial charge in [-0.25, -0.2) is 14.4 Å². The Balaban J connectivity index is 3.21. The van der Waals surface area contributed by atoms with Crippen LogP contribution in [0.1, 0.15) is 41.0 Å². The second-order valence-corrected chi connectivity index (χ2v) is 7.36. The smallest absolute Gasteiger partial charge is 0.467 e. The minimum absolute atomic E-state index is 0.195. The lowest BCUT2D eigenvalue weighted by molar-refractivity contribution is -0.159. The maximum Gasteiger partial charge on any atom is 0.509 e. The van der Waals surface area contributed by atoms with Gasteiger partial charge in [-0.2, -0.15) is 0 Å². The van der Waals surface area contributed by atoms with Gasteiger partial charge in [0.2, 0.25) is 5.54 Å². The first-order chi connectivity index (χ1) is 11.9. The van der Waals surface area contributed by atoms with Crippen LogP contribution in [-0.4, -0.2) is 66.9 Å². The second-order valence-electron chi connectivity index (χ2n) is 7.36. The van der Waals surface area contributed by atoms with Gasteiger partial charge in [-0.05, 0) is 20.8 Å². The topological polar surface area (TPSA) is 108 Å². The summed E-state index contributed by atoms with van der Waals surface area (Å²) in [5, 5.41) is 0. The van der Waals surface area contributed by atoms with Gasteiger partial charge in [0.25, 0.3) is 0 Å². The zero-order valence-corrected chi connectivity index (χ0v) is 16.3. The molecule has 9 nitrogen and oxygen atoms in total. The molecule has 0 N–H and O–H groups in total. The van der Waals surface area contributed by atoms with Crippen molar-refractivity contribution in [2.45, 2.75) is 58.3 Å².